The maximum Gasteiger partial charge on any atom is 0.255 e. The average molecular weight is 328 g/mol. The van der Waals surface area contributed by atoms with Gasteiger partial charge >= 0.3 is 0 Å². The molecule has 126 valence electrons. The monoisotopic (exact) mass is 328 g/mol. The van der Waals surface area contributed by atoms with E-state index in [1.165, 1.54) is 0 Å². The van der Waals surface area contributed by atoms with Gasteiger partial charge in [0.15, 0.2) is 0 Å². The Balaban J connectivity index is 1.52. The quantitative estimate of drug-likeness (QED) is 0.849. The molecule has 2 aliphatic heterocycles. The second kappa shape index (κ2) is 5.99. The first-order chi connectivity index (χ1) is 11.7. The summed E-state index contributed by atoms with van der Waals surface area (Å²) in [6, 6.07) is 3.62. The summed E-state index contributed by atoms with van der Waals surface area (Å²) < 4.78 is 13.3. The van der Waals surface area contributed by atoms with Crippen LogP contribution in [0.25, 0.3) is 5.82 Å². The van der Waals surface area contributed by atoms with Gasteiger partial charge in [0.2, 0.25) is 0 Å². The maximum atomic E-state index is 12.8. The molecule has 24 heavy (non-hydrogen) atoms. The molecule has 2 atom stereocenters. The first kappa shape index (κ1) is 15.3. The van der Waals surface area contributed by atoms with Crippen LogP contribution < -0.4 is 0 Å². The second-order valence-corrected chi connectivity index (χ2v) is 6.30. The summed E-state index contributed by atoms with van der Waals surface area (Å²) in [6.07, 6.45) is 8.68. The number of aromatic nitrogens is 3. The Labute approximate surface area is 140 Å². The van der Waals surface area contributed by atoms with Crippen LogP contribution in [0.2, 0.25) is 0 Å². The normalized spacial score (nSPS) is 26.4. The Hall–Kier alpha value is -2.25. The molecule has 2 aromatic rings. The highest BCUT2D eigenvalue weighted by Gasteiger charge is 2.51. The molecule has 2 aliphatic rings. The van der Waals surface area contributed by atoms with E-state index < -0.39 is 0 Å². The molecule has 0 unspecified atom stereocenters. The number of nitrogens with zero attached hydrogens (tertiary/aromatic N) is 4. The Morgan fingerprint density at radius 3 is 3.00 bits per heavy atom. The highest BCUT2D eigenvalue weighted by molar-refractivity contribution is 5.94. The van der Waals surface area contributed by atoms with E-state index in [2.05, 4.69) is 9.97 Å². The van der Waals surface area contributed by atoms with Crippen molar-refractivity contribution in [1.29, 1.82) is 0 Å². The van der Waals surface area contributed by atoms with Gasteiger partial charge < -0.3 is 14.4 Å². The van der Waals surface area contributed by atoms with Crippen LogP contribution in [0.1, 0.15) is 23.2 Å². The highest BCUT2D eigenvalue weighted by Crippen LogP contribution is 2.37. The fourth-order valence-electron chi connectivity index (χ4n) is 3.64. The summed E-state index contributed by atoms with van der Waals surface area (Å²) in [5.74, 6) is 0.699. The molecule has 0 aromatic carbocycles. The largest absolute Gasteiger partial charge is 0.377 e. The molecular weight excluding hydrogens is 308 g/mol. The minimum atomic E-state index is -0.339. The zero-order valence-electron chi connectivity index (χ0n) is 13.6. The lowest BCUT2D eigenvalue weighted by Gasteiger charge is -2.27. The summed E-state index contributed by atoms with van der Waals surface area (Å²) in [4.78, 5) is 23.0. The predicted octanol–water partition coefficient (Wildman–Crippen LogP) is 1.29. The van der Waals surface area contributed by atoms with Crippen LogP contribution in [0.5, 0.6) is 0 Å². The zero-order valence-corrected chi connectivity index (χ0v) is 13.6. The van der Waals surface area contributed by atoms with Gasteiger partial charge in [-0.3, -0.25) is 9.36 Å². The minimum absolute atomic E-state index is 0.0332. The summed E-state index contributed by atoms with van der Waals surface area (Å²) in [5, 5.41) is 0. The number of amides is 1. The van der Waals surface area contributed by atoms with Crippen molar-refractivity contribution in [3.8, 4) is 5.82 Å². The number of carbonyl (C=O) groups is 1. The van der Waals surface area contributed by atoms with E-state index in [9.17, 15) is 4.79 Å². The second-order valence-electron chi connectivity index (χ2n) is 6.30. The van der Waals surface area contributed by atoms with Crippen molar-refractivity contribution in [3.05, 3.63) is 42.6 Å². The molecule has 4 rings (SSSR count). The van der Waals surface area contributed by atoms with E-state index in [1.807, 2.05) is 17.2 Å². The van der Waals surface area contributed by atoms with E-state index in [0.717, 1.165) is 25.3 Å². The molecule has 0 bridgehead atoms. The molecule has 7 heteroatoms. The summed E-state index contributed by atoms with van der Waals surface area (Å²) in [6.45, 7) is 1.87. The van der Waals surface area contributed by atoms with Crippen molar-refractivity contribution < 1.29 is 14.3 Å². The van der Waals surface area contributed by atoms with Crippen molar-refractivity contribution in [3.63, 3.8) is 0 Å². The molecule has 1 spiro atoms. The van der Waals surface area contributed by atoms with E-state index in [-0.39, 0.29) is 17.6 Å². The Morgan fingerprint density at radius 1 is 1.46 bits per heavy atom. The van der Waals surface area contributed by atoms with E-state index in [1.54, 1.807) is 36.5 Å². The summed E-state index contributed by atoms with van der Waals surface area (Å²) >= 11 is 0. The number of pyridine rings is 1. The number of imidazole rings is 1. The smallest absolute Gasteiger partial charge is 0.255 e. The lowest BCUT2D eigenvalue weighted by atomic mass is 9.96. The molecule has 0 radical (unpaired) electrons. The van der Waals surface area contributed by atoms with Crippen LogP contribution in [0, 0.1) is 0 Å². The Morgan fingerprint density at radius 2 is 2.38 bits per heavy atom. The standard InChI is InChI=1S/C17H20N4O3/c1-23-14-10-21(11-17(14)5-2-8-24-17)16(22)13-3-4-15(19-9-13)20-7-6-18-12-20/h3-4,6-7,9,12,14H,2,5,8,10-11H2,1H3/t14-,17-/m0/s1. The fourth-order valence-corrected chi connectivity index (χ4v) is 3.64. The van der Waals surface area contributed by atoms with Gasteiger partial charge in [-0.2, -0.15) is 0 Å². The van der Waals surface area contributed by atoms with Crippen molar-refractivity contribution in [2.45, 2.75) is 24.5 Å². The average Bonchev–Trinajstić information content (AvgIpc) is 3.36. The number of hydrogen-bond acceptors (Lipinski definition) is 5. The summed E-state index contributed by atoms with van der Waals surface area (Å²) in [7, 11) is 1.68. The minimum Gasteiger partial charge on any atom is -0.377 e. The third-order valence-corrected chi connectivity index (χ3v) is 4.90. The maximum absolute atomic E-state index is 12.8. The number of rotatable bonds is 3. The van der Waals surface area contributed by atoms with E-state index in [4.69, 9.17) is 9.47 Å². The zero-order chi connectivity index (χ0) is 16.6. The molecule has 4 heterocycles. The topological polar surface area (TPSA) is 69.5 Å². The molecule has 0 N–H and O–H groups in total. The SMILES string of the molecule is CO[C@H]1CN(C(=O)c2ccc(-n3ccnc3)nc2)C[C@@]12CCCO2. The van der Waals surface area contributed by atoms with Crippen LogP contribution in [0.15, 0.2) is 37.1 Å². The lowest BCUT2D eigenvalue weighted by molar-refractivity contribution is -0.0754. The molecule has 0 aliphatic carbocycles. The number of likely N-dealkylation sites (tertiary alicyclic amines) is 1. The van der Waals surface area contributed by atoms with E-state index in [0.29, 0.717) is 18.7 Å². The molecule has 2 saturated heterocycles. The van der Waals surface area contributed by atoms with Gasteiger partial charge in [-0.15, -0.1) is 0 Å². The molecule has 1 amide bonds. The predicted molar refractivity (Wildman–Crippen MR) is 86.0 cm³/mol. The van der Waals surface area contributed by atoms with Crippen LogP contribution >= 0.6 is 0 Å². The molecule has 7 nitrogen and oxygen atoms in total. The first-order valence-electron chi connectivity index (χ1n) is 8.12. The number of hydrogen-bond donors (Lipinski definition) is 0. The fraction of sp³-hybridized carbons (Fsp3) is 0.471. The van der Waals surface area contributed by atoms with E-state index >= 15 is 0 Å². The van der Waals surface area contributed by atoms with Gasteiger partial charge in [-0.05, 0) is 25.0 Å². The van der Waals surface area contributed by atoms with Crippen LogP contribution in [-0.2, 0) is 9.47 Å². The van der Waals surface area contributed by atoms with Crippen molar-refractivity contribution >= 4 is 5.91 Å². The lowest BCUT2D eigenvalue weighted by Crippen LogP contribution is -2.42. The van der Waals surface area contributed by atoms with Gasteiger partial charge in [0, 0.05) is 32.3 Å². The van der Waals surface area contributed by atoms with Crippen LogP contribution in [0.3, 0.4) is 0 Å². The highest BCUT2D eigenvalue weighted by atomic mass is 16.6. The van der Waals surface area contributed by atoms with Crippen molar-refractivity contribution in [1.82, 2.24) is 19.4 Å². The molecule has 2 aromatic heterocycles. The van der Waals surface area contributed by atoms with Gasteiger partial charge in [-0.25, -0.2) is 9.97 Å². The van der Waals surface area contributed by atoms with Gasteiger partial charge in [0.1, 0.15) is 23.9 Å². The number of methoxy groups -OCH3 is 1. The van der Waals surface area contributed by atoms with Gasteiger partial charge in [-0.1, -0.05) is 0 Å². The molecule has 2 fully saturated rings. The third kappa shape index (κ3) is 2.50. The van der Waals surface area contributed by atoms with Crippen LogP contribution in [-0.4, -0.2) is 63.9 Å². The number of ether oxygens (including phenoxy) is 2. The van der Waals surface area contributed by atoms with Crippen molar-refractivity contribution in [2.75, 3.05) is 26.8 Å². The third-order valence-electron chi connectivity index (χ3n) is 4.90. The van der Waals surface area contributed by atoms with Crippen molar-refractivity contribution in [2.24, 2.45) is 0 Å². The van der Waals surface area contributed by atoms with Gasteiger partial charge in [0.05, 0.1) is 18.7 Å². The summed E-state index contributed by atoms with van der Waals surface area (Å²) in [5.41, 5.74) is 0.234. The molecular formula is C17H20N4O3. The first-order valence-corrected chi connectivity index (χ1v) is 8.12. The molecule has 0 saturated carbocycles. The van der Waals surface area contributed by atoms with Gasteiger partial charge in [0.25, 0.3) is 5.91 Å². The Bertz CT molecular complexity index is 708. The van der Waals surface area contributed by atoms with Crippen LogP contribution in [0.4, 0.5) is 0 Å². The number of carbonyl (C=O) groups excluding carboxylic acids is 1. The Kier molecular flexibility index (Phi) is 3.82.